The first-order chi connectivity index (χ1) is 11.7. The van der Waals surface area contributed by atoms with Crippen molar-refractivity contribution in [1.29, 1.82) is 0 Å². The Hall–Kier alpha value is -2.25. The second kappa shape index (κ2) is 8.22. The van der Waals surface area contributed by atoms with E-state index in [1.165, 1.54) is 0 Å². The average molecular weight is 383 g/mol. The topological polar surface area (TPSA) is 84.5 Å². The summed E-state index contributed by atoms with van der Waals surface area (Å²) >= 11 is 5.78. The zero-order valence-electron chi connectivity index (χ0n) is 13.8. The Labute approximate surface area is 152 Å². The molecule has 2 aromatic carbocycles. The number of carbonyl (C=O) groups excluding carboxylic acids is 1. The highest BCUT2D eigenvalue weighted by Crippen LogP contribution is 2.17. The van der Waals surface area contributed by atoms with Crippen LogP contribution in [-0.2, 0) is 14.8 Å². The first-order valence-electron chi connectivity index (χ1n) is 7.48. The molecule has 0 fully saturated rings. The number of nitrogens with one attached hydrogen (secondary N) is 2. The van der Waals surface area contributed by atoms with Gasteiger partial charge in [-0.15, -0.1) is 0 Å². The number of rotatable bonds is 7. The van der Waals surface area contributed by atoms with Crippen molar-refractivity contribution in [3.63, 3.8) is 0 Å². The molecule has 0 heterocycles. The maximum Gasteiger partial charge on any atom is 0.258 e. The van der Waals surface area contributed by atoms with E-state index in [9.17, 15) is 13.2 Å². The minimum absolute atomic E-state index is 0.111. The maximum absolute atomic E-state index is 12.0. The summed E-state index contributed by atoms with van der Waals surface area (Å²) in [4.78, 5) is 12.0. The van der Waals surface area contributed by atoms with Crippen molar-refractivity contribution in [1.82, 2.24) is 5.32 Å². The van der Waals surface area contributed by atoms with Crippen LogP contribution in [0.5, 0.6) is 5.75 Å². The van der Waals surface area contributed by atoms with Crippen LogP contribution in [0.25, 0.3) is 0 Å². The van der Waals surface area contributed by atoms with Crippen molar-refractivity contribution in [2.75, 3.05) is 17.6 Å². The number of sulfonamides is 1. The molecule has 0 aliphatic rings. The molecule has 1 amide bonds. The summed E-state index contributed by atoms with van der Waals surface area (Å²) in [5, 5.41) is 3.41. The summed E-state index contributed by atoms with van der Waals surface area (Å²) in [6.45, 7) is 1.72. The lowest BCUT2D eigenvalue weighted by Gasteiger charge is -2.15. The quantitative estimate of drug-likeness (QED) is 0.771. The Bertz CT molecular complexity index is 821. The summed E-state index contributed by atoms with van der Waals surface area (Å²) in [6, 6.07) is 13.3. The largest absolute Gasteiger partial charge is 0.484 e. The van der Waals surface area contributed by atoms with Gasteiger partial charge in [0.2, 0.25) is 10.0 Å². The number of halogens is 1. The van der Waals surface area contributed by atoms with Crippen LogP contribution in [0.15, 0.2) is 48.5 Å². The molecule has 0 aromatic heterocycles. The van der Waals surface area contributed by atoms with Gasteiger partial charge >= 0.3 is 0 Å². The van der Waals surface area contributed by atoms with Gasteiger partial charge in [-0.3, -0.25) is 9.52 Å². The van der Waals surface area contributed by atoms with Crippen LogP contribution in [0, 0.1) is 0 Å². The molecule has 0 aliphatic carbocycles. The fourth-order valence-electron chi connectivity index (χ4n) is 2.10. The SMILES string of the molecule is C[C@H](NC(=O)COc1ccc(Cl)cc1)c1ccc(NS(C)(=O)=O)cc1. The average Bonchev–Trinajstić information content (AvgIpc) is 2.53. The highest BCUT2D eigenvalue weighted by atomic mass is 35.5. The van der Waals surface area contributed by atoms with E-state index in [1.54, 1.807) is 48.5 Å². The molecule has 134 valence electrons. The van der Waals surface area contributed by atoms with E-state index < -0.39 is 10.0 Å². The van der Waals surface area contributed by atoms with Gasteiger partial charge in [0.05, 0.1) is 12.3 Å². The first kappa shape index (κ1) is 19.1. The van der Waals surface area contributed by atoms with Crippen LogP contribution < -0.4 is 14.8 Å². The van der Waals surface area contributed by atoms with E-state index in [4.69, 9.17) is 16.3 Å². The first-order valence-corrected chi connectivity index (χ1v) is 9.75. The predicted molar refractivity (Wildman–Crippen MR) is 98.4 cm³/mol. The number of benzene rings is 2. The lowest BCUT2D eigenvalue weighted by atomic mass is 10.1. The van der Waals surface area contributed by atoms with Crippen LogP contribution in [0.2, 0.25) is 5.02 Å². The Balaban J connectivity index is 1.86. The molecule has 0 aliphatic heterocycles. The third-order valence-electron chi connectivity index (χ3n) is 3.27. The highest BCUT2D eigenvalue weighted by Gasteiger charge is 2.11. The number of ether oxygens (including phenoxy) is 1. The number of hydrogen-bond acceptors (Lipinski definition) is 4. The molecule has 0 saturated carbocycles. The van der Waals surface area contributed by atoms with Gasteiger partial charge in [0.25, 0.3) is 5.91 Å². The fourth-order valence-corrected chi connectivity index (χ4v) is 2.79. The zero-order chi connectivity index (χ0) is 18.4. The lowest BCUT2D eigenvalue weighted by Crippen LogP contribution is -2.31. The Morgan fingerprint density at radius 2 is 1.72 bits per heavy atom. The second-order valence-corrected chi connectivity index (χ2v) is 7.71. The van der Waals surface area contributed by atoms with E-state index >= 15 is 0 Å². The molecule has 0 radical (unpaired) electrons. The predicted octanol–water partition coefficient (Wildman–Crippen LogP) is 2.97. The molecular weight excluding hydrogens is 364 g/mol. The lowest BCUT2D eigenvalue weighted by molar-refractivity contribution is -0.123. The molecule has 0 bridgehead atoms. The van der Waals surface area contributed by atoms with Crippen molar-refractivity contribution >= 4 is 33.2 Å². The van der Waals surface area contributed by atoms with Gasteiger partial charge in [0.15, 0.2) is 6.61 Å². The van der Waals surface area contributed by atoms with Crippen LogP contribution in [0.3, 0.4) is 0 Å². The third-order valence-corrected chi connectivity index (χ3v) is 4.13. The van der Waals surface area contributed by atoms with E-state index in [1.807, 2.05) is 6.92 Å². The van der Waals surface area contributed by atoms with E-state index in [2.05, 4.69) is 10.0 Å². The normalized spacial score (nSPS) is 12.3. The molecule has 2 rings (SSSR count). The molecule has 2 aromatic rings. The van der Waals surface area contributed by atoms with Gasteiger partial charge in [-0.05, 0) is 48.9 Å². The molecule has 2 N–H and O–H groups in total. The van der Waals surface area contributed by atoms with Crippen LogP contribution in [-0.4, -0.2) is 27.2 Å². The number of amides is 1. The summed E-state index contributed by atoms with van der Waals surface area (Å²) in [7, 11) is -3.31. The van der Waals surface area contributed by atoms with Crippen molar-refractivity contribution in [2.45, 2.75) is 13.0 Å². The summed E-state index contributed by atoms with van der Waals surface area (Å²) in [5.41, 5.74) is 1.31. The van der Waals surface area contributed by atoms with Gasteiger partial charge in [-0.25, -0.2) is 8.42 Å². The van der Waals surface area contributed by atoms with E-state index in [0.717, 1.165) is 11.8 Å². The second-order valence-electron chi connectivity index (χ2n) is 5.53. The van der Waals surface area contributed by atoms with Crippen molar-refractivity contribution in [2.24, 2.45) is 0 Å². The Morgan fingerprint density at radius 3 is 2.28 bits per heavy atom. The highest BCUT2D eigenvalue weighted by molar-refractivity contribution is 7.92. The van der Waals surface area contributed by atoms with Crippen molar-refractivity contribution in [3.05, 3.63) is 59.1 Å². The van der Waals surface area contributed by atoms with Crippen molar-refractivity contribution in [3.8, 4) is 5.75 Å². The van der Waals surface area contributed by atoms with Gasteiger partial charge < -0.3 is 10.1 Å². The number of anilines is 1. The monoisotopic (exact) mass is 382 g/mol. The summed E-state index contributed by atoms with van der Waals surface area (Å²) in [5.74, 6) is 0.296. The molecule has 0 spiro atoms. The molecule has 0 saturated heterocycles. The molecule has 0 unspecified atom stereocenters. The Kier molecular flexibility index (Phi) is 6.27. The Morgan fingerprint density at radius 1 is 1.12 bits per heavy atom. The third kappa shape index (κ3) is 6.64. The summed E-state index contributed by atoms with van der Waals surface area (Å²) < 4.78 is 30.1. The molecule has 25 heavy (non-hydrogen) atoms. The smallest absolute Gasteiger partial charge is 0.258 e. The van der Waals surface area contributed by atoms with Crippen LogP contribution in [0.1, 0.15) is 18.5 Å². The van der Waals surface area contributed by atoms with Gasteiger partial charge in [0.1, 0.15) is 5.75 Å². The van der Waals surface area contributed by atoms with Gasteiger partial charge in [-0.1, -0.05) is 23.7 Å². The molecular formula is C17H19ClN2O4S. The van der Waals surface area contributed by atoms with Gasteiger partial charge in [0, 0.05) is 10.7 Å². The van der Waals surface area contributed by atoms with Crippen LogP contribution >= 0.6 is 11.6 Å². The molecule has 1 atom stereocenters. The van der Waals surface area contributed by atoms with E-state index in [0.29, 0.717) is 16.5 Å². The van der Waals surface area contributed by atoms with Crippen LogP contribution in [0.4, 0.5) is 5.69 Å². The minimum atomic E-state index is -3.31. The number of carbonyl (C=O) groups is 1. The molecule has 6 nitrogen and oxygen atoms in total. The minimum Gasteiger partial charge on any atom is -0.484 e. The fraction of sp³-hybridized carbons (Fsp3) is 0.235. The summed E-state index contributed by atoms with van der Waals surface area (Å²) in [6.07, 6.45) is 1.09. The zero-order valence-corrected chi connectivity index (χ0v) is 15.4. The van der Waals surface area contributed by atoms with Gasteiger partial charge in [-0.2, -0.15) is 0 Å². The van der Waals surface area contributed by atoms with Crippen molar-refractivity contribution < 1.29 is 17.9 Å². The standard InChI is InChI=1S/C17H19ClN2O4S/c1-12(13-3-7-15(8-4-13)20-25(2,22)23)19-17(21)11-24-16-9-5-14(18)6-10-16/h3-10,12,20H,11H2,1-2H3,(H,19,21)/t12-/m0/s1. The molecule has 8 heteroatoms. The van der Waals surface area contributed by atoms with E-state index in [-0.39, 0.29) is 18.6 Å². The maximum atomic E-state index is 12.0. The number of hydrogen-bond donors (Lipinski definition) is 2.